The van der Waals surface area contributed by atoms with E-state index >= 15 is 0 Å². The molecule has 29 heavy (non-hydrogen) atoms. The van der Waals surface area contributed by atoms with E-state index in [0.717, 1.165) is 31.5 Å². The number of allylic oxidation sites excluding steroid dienone is 4. The molecule has 0 aromatic carbocycles. The zero-order chi connectivity index (χ0) is 20.2. The van der Waals surface area contributed by atoms with Gasteiger partial charge in [-0.15, -0.1) is 0 Å². The molecule has 0 radical (unpaired) electrons. The molecule has 0 aliphatic heterocycles. The van der Waals surface area contributed by atoms with E-state index in [4.69, 9.17) is 0 Å². The van der Waals surface area contributed by atoms with Gasteiger partial charge >= 0.3 is 0 Å². The first-order valence-electron chi connectivity index (χ1n) is 11.3. The summed E-state index contributed by atoms with van der Waals surface area (Å²) in [5, 5.41) is 9.70. The Hall–Kier alpha value is -1.81. The highest BCUT2D eigenvalue weighted by molar-refractivity contribution is 5.83. The summed E-state index contributed by atoms with van der Waals surface area (Å²) in [5.41, 5.74) is 2.91. The standard InChI is InChI=1S/C25H32N2O2/c1-24-10-8-21-19(20(24)6-7-22(24)23-26-11-3-12-27-23)5-4-16-14-18(29)15-17(9-13-28)25(16,21)2/h3-4,7,11-12,17,19-21,28H,5-6,8-10,13-15H2,1-2H3/t17?,19-,20-,21-,24-,25+/m0/s1. The number of aromatic nitrogens is 2. The van der Waals surface area contributed by atoms with Crippen LogP contribution in [0.25, 0.3) is 5.57 Å². The average molecular weight is 393 g/mol. The van der Waals surface area contributed by atoms with E-state index < -0.39 is 0 Å². The summed E-state index contributed by atoms with van der Waals surface area (Å²) >= 11 is 0. The molecule has 0 bridgehead atoms. The third kappa shape index (κ3) is 2.71. The van der Waals surface area contributed by atoms with Crippen molar-refractivity contribution in [2.45, 2.75) is 58.8 Å². The lowest BCUT2D eigenvalue weighted by Crippen LogP contribution is -2.53. The number of fused-ring (bicyclic) bond motifs is 5. The van der Waals surface area contributed by atoms with E-state index in [9.17, 15) is 9.90 Å². The van der Waals surface area contributed by atoms with Gasteiger partial charge in [0.15, 0.2) is 5.82 Å². The fourth-order valence-corrected chi connectivity index (χ4v) is 7.61. The first-order chi connectivity index (χ1) is 14.0. The van der Waals surface area contributed by atoms with Gasteiger partial charge in [-0.3, -0.25) is 4.79 Å². The molecule has 1 aromatic rings. The van der Waals surface area contributed by atoms with E-state index in [1.165, 1.54) is 17.6 Å². The third-order valence-electron chi connectivity index (χ3n) is 9.11. The minimum Gasteiger partial charge on any atom is -0.396 e. The van der Waals surface area contributed by atoms with Gasteiger partial charge in [0.05, 0.1) is 0 Å². The van der Waals surface area contributed by atoms with Gasteiger partial charge in [-0.1, -0.05) is 31.6 Å². The lowest BCUT2D eigenvalue weighted by atomic mass is 9.45. The van der Waals surface area contributed by atoms with Crippen LogP contribution in [0.2, 0.25) is 0 Å². The van der Waals surface area contributed by atoms with Crippen LogP contribution in [0.3, 0.4) is 0 Å². The van der Waals surface area contributed by atoms with Crippen molar-refractivity contribution < 1.29 is 9.90 Å². The Morgan fingerprint density at radius 2 is 1.93 bits per heavy atom. The Morgan fingerprint density at radius 1 is 1.14 bits per heavy atom. The van der Waals surface area contributed by atoms with Crippen molar-refractivity contribution in [1.29, 1.82) is 0 Å². The monoisotopic (exact) mass is 392 g/mol. The van der Waals surface area contributed by atoms with Crippen LogP contribution in [0.1, 0.15) is 64.6 Å². The van der Waals surface area contributed by atoms with Crippen LogP contribution in [0.4, 0.5) is 0 Å². The van der Waals surface area contributed by atoms with Crippen molar-refractivity contribution in [3.05, 3.63) is 42.0 Å². The zero-order valence-corrected chi connectivity index (χ0v) is 17.6. The fourth-order valence-electron chi connectivity index (χ4n) is 7.61. The molecule has 1 N–H and O–H groups in total. The Bertz CT molecular complexity index is 876. The van der Waals surface area contributed by atoms with Crippen LogP contribution in [-0.4, -0.2) is 27.5 Å². The number of hydrogen-bond donors (Lipinski definition) is 1. The van der Waals surface area contributed by atoms with E-state index in [0.29, 0.717) is 36.4 Å². The molecular weight excluding hydrogens is 360 g/mol. The van der Waals surface area contributed by atoms with Crippen molar-refractivity contribution in [3.63, 3.8) is 0 Å². The molecule has 154 valence electrons. The highest BCUT2D eigenvalue weighted by atomic mass is 16.3. The molecule has 0 saturated heterocycles. The van der Waals surface area contributed by atoms with Crippen LogP contribution in [0.5, 0.6) is 0 Å². The zero-order valence-electron chi connectivity index (χ0n) is 17.6. The van der Waals surface area contributed by atoms with Crippen molar-refractivity contribution in [3.8, 4) is 0 Å². The van der Waals surface area contributed by atoms with Gasteiger partial charge in [0.1, 0.15) is 5.78 Å². The summed E-state index contributed by atoms with van der Waals surface area (Å²) in [4.78, 5) is 21.5. The van der Waals surface area contributed by atoms with Gasteiger partial charge in [0, 0.05) is 31.8 Å². The number of rotatable bonds is 3. The maximum absolute atomic E-state index is 12.4. The molecule has 1 heterocycles. The van der Waals surface area contributed by atoms with E-state index in [-0.39, 0.29) is 23.4 Å². The SMILES string of the molecule is C[C@]12CC[C@H]3[C@@H](CC=C4CC(=O)CC(CCO)[C@@]43C)[C@@H]1CC=C2c1ncccn1. The number of ketones is 1. The number of carbonyl (C=O) groups excluding carboxylic acids is 1. The molecule has 4 aliphatic carbocycles. The van der Waals surface area contributed by atoms with Gasteiger partial charge in [0.2, 0.25) is 0 Å². The average Bonchev–Trinajstić information content (AvgIpc) is 3.07. The van der Waals surface area contributed by atoms with Crippen LogP contribution >= 0.6 is 0 Å². The molecule has 4 nitrogen and oxygen atoms in total. The van der Waals surface area contributed by atoms with E-state index in [1.54, 1.807) is 0 Å². The van der Waals surface area contributed by atoms with Crippen LogP contribution in [0.15, 0.2) is 36.2 Å². The summed E-state index contributed by atoms with van der Waals surface area (Å²) in [6, 6.07) is 1.88. The molecule has 1 unspecified atom stereocenters. The first-order valence-corrected chi connectivity index (χ1v) is 11.3. The number of hydrogen-bond acceptors (Lipinski definition) is 4. The minimum absolute atomic E-state index is 0.0624. The summed E-state index contributed by atoms with van der Waals surface area (Å²) in [5.74, 6) is 3.39. The molecule has 4 aliphatic rings. The molecule has 4 heteroatoms. The Labute approximate surface area is 173 Å². The Kier molecular flexibility index (Phi) is 4.54. The summed E-state index contributed by atoms with van der Waals surface area (Å²) < 4.78 is 0. The largest absolute Gasteiger partial charge is 0.396 e. The molecule has 0 spiro atoms. The number of Topliss-reactive ketones (excluding diaryl/α,β-unsaturated/α-hetero) is 1. The van der Waals surface area contributed by atoms with Gasteiger partial charge in [-0.05, 0) is 78.2 Å². The number of carbonyl (C=O) groups is 1. The number of nitrogens with zero attached hydrogens (tertiary/aromatic N) is 2. The van der Waals surface area contributed by atoms with Crippen molar-refractivity contribution in [2.24, 2.45) is 34.5 Å². The number of aliphatic hydroxyl groups excluding tert-OH is 1. The summed E-state index contributed by atoms with van der Waals surface area (Å²) in [6.07, 6.45) is 15.1. The molecule has 1 aromatic heterocycles. The van der Waals surface area contributed by atoms with Crippen molar-refractivity contribution in [1.82, 2.24) is 9.97 Å². The predicted molar refractivity (Wildman–Crippen MR) is 113 cm³/mol. The lowest BCUT2D eigenvalue weighted by molar-refractivity contribution is -0.126. The Balaban J connectivity index is 1.50. The van der Waals surface area contributed by atoms with Crippen molar-refractivity contribution in [2.75, 3.05) is 6.61 Å². The smallest absolute Gasteiger partial charge is 0.155 e. The maximum Gasteiger partial charge on any atom is 0.155 e. The highest BCUT2D eigenvalue weighted by Gasteiger charge is 2.59. The molecule has 5 rings (SSSR count). The van der Waals surface area contributed by atoms with Crippen LogP contribution < -0.4 is 0 Å². The second-order valence-electron chi connectivity index (χ2n) is 10.1. The molecule has 2 fully saturated rings. The lowest BCUT2D eigenvalue weighted by Gasteiger charge is -2.59. The van der Waals surface area contributed by atoms with Crippen LogP contribution in [-0.2, 0) is 4.79 Å². The predicted octanol–water partition coefficient (Wildman–Crippen LogP) is 4.61. The second kappa shape index (κ2) is 6.87. The third-order valence-corrected chi connectivity index (χ3v) is 9.11. The molecular formula is C25H32N2O2. The maximum atomic E-state index is 12.4. The quantitative estimate of drug-likeness (QED) is 0.763. The van der Waals surface area contributed by atoms with E-state index in [2.05, 4.69) is 36.0 Å². The topological polar surface area (TPSA) is 63.1 Å². The molecule has 6 atom stereocenters. The molecule has 0 amide bonds. The summed E-state index contributed by atoms with van der Waals surface area (Å²) in [6.45, 7) is 5.02. The van der Waals surface area contributed by atoms with E-state index in [1.807, 2.05) is 18.5 Å². The fraction of sp³-hybridized carbons (Fsp3) is 0.640. The molecule has 2 saturated carbocycles. The van der Waals surface area contributed by atoms with Gasteiger partial charge in [-0.2, -0.15) is 0 Å². The highest BCUT2D eigenvalue weighted by Crippen LogP contribution is 2.67. The summed E-state index contributed by atoms with van der Waals surface area (Å²) in [7, 11) is 0. The minimum atomic E-state index is 0.0624. The van der Waals surface area contributed by atoms with Gasteiger partial charge < -0.3 is 5.11 Å². The second-order valence-corrected chi connectivity index (χ2v) is 10.1. The van der Waals surface area contributed by atoms with Gasteiger partial charge in [0.25, 0.3) is 0 Å². The Morgan fingerprint density at radius 3 is 2.69 bits per heavy atom. The van der Waals surface area contributed by atoms with Crippen LogP contribution in [0, 0.1) is 34.5 Å². The normalized spacial score (nSPS) is 41.1. The first kappa shape index (κ1) is 19.2. The van der Waals surface area contributed by atoms with Gasteiger partial charge in [-0.25, -0.2) is 9.97 Å². The number of aliphatic hydroxyl groups is 1. The van der Waals surface area contributed by atoms with Crippen molar-refractivity contribution >= 4 is 11.4 Å².